The van der Waals surface area contributed by atoms with Crippen molar-refractivity contribution in [2.24, 2.45) is 5.92 Å². The number of pyridine rings is 1. The molecule has 8 heteroatoms. The van der Waals surface area contributed by atoms with E-state index in [0.717, 1.165) is 11.3 Å². The summed E-state index contributed by atoms with van der Waals surface area (Å²) in [5.41, 5.74) is -0.881. The van der Waals surface area contributed by atoms with Crippen LogP contribution in [0.4, 0.5) is 18.3 Å². The molecule has 3 atom stereocenters. The van der Waals surface area contributed by atoms with Gasteiger partial charge in [-0.2, -0.15) is 13.2 Å². The Bertz CT molecular complexity index is 720. The molecule has 23 heavy (non-hydrogen) atoms. The van der Waals surface area contributed by atoms with Crippen LogP contribution in [-0.4, -0.2) is 39.4 Å². The van der Waals surface area contributed by atoms with Gasteiger partial charge in [0.05, 0.1) is 5.69 Å². The van der Waals surface area contributed by atoms with E-state index in [4.69, 9.17) is 0 Å². The molecule has 1 aliphatic heterocycles. The normalized spacial score (nSPS) is 30.2. The zero-order valence-electron chi connectivity index (χ0n) is 12.0. The SMILES string of the molecule is O[C@]1(C(F)(F)F)C[C@H]2[C@@H]1CCN2c1nc(-c2cccnc2)cs1. The second kappa shape index (κ2) is 4.91. The van der Waals surface area contributed by atoms with Gasteiger partial charge in [0, 0.05) is 48.3 Å². The van der Waals surface area contributed by atoms with Crippen LogP contribution in [0.25, 0.3) is 11.3 Å². The Morgan fingerprint density at radius 2 is 2.22 bits per heavy atom. The lowest BCUT2D eigenvalue weighted by atomic mass is 9.65. The van der Waals surface area contributed by atoms with E-state index in [1.807, 2.05) is 22.4 Å². The van der Waals surface area contributed by atoms with Crippen LogP contribution in [0, 0.1) is 5.92 Å². The number of anilines is 1. The van der Waals surface area contributed by atoms with Gasteiger partial charge >= 0.3 is 6.18 Å². The first kappa shape index (κ1) is 14.9. The number of fused-ring (bicyclic) bond motifs is 1. The maximum atomic E-state index is 13.0. The third-order valence-corrected chi connectivity index (χ3v) is 5.74. The van der Waals surface area contributed by atoms with Gasteiger partial charge in [0.15, 0.2) is 10.7 Å². The maximum Gasteiger partial charge on any atom is 0.417 e. The van der Waals surface area contributed by atoms with Crippen molar-refractivity contribution in [1.82, 2.24) is 9.97 Å². The number of aliphatic hydroxyl groups is 1. The maximum absolute atomic E-state index is 13.0. The highest BCUT2D eigenvalue weighted by Crippen LogP contribution is 2.56. The predicted octanol–water partition coefficient (Wildman–Crippen LogP) is 3.10. The number of hydrogen-bond donors (Lipinski definition) is 1. The van der Waals surface area contributed by atoms with E-state index in [0.29, 0.717) is 18.1 Å². The van der Waals surface area contributed by atoms with Gasteiger partial charge in [-0.3, -0.25) is 4.98 Å². The van der Waals surface area contributed by atoms with Crippen molar-refractivity contribution in [1.29, 1.82) is 0 Å². The fraction of sp³-hybridized carbons (Fsp3) is 0.467. The summed E-state index contributed by atoms with van der Waals surface area (Å²) in [6.45, 7) is 0.494. The highest BCUT2D eigenvalue weighted by atomic mass is 32.1. The molecule has 0 spiro atoms. The van der Waals surface area contributed by atoms with Gasteiger partial charge < -0.3 is 10.0 Å². The molecule has 1 saturated heterocycles. The topological polar surface area (TPSA) is 49.2 Å². The highest BCUT2D eigenvalue weighted by molar-refractivity contribution is 7.14. The molecule has 0 unspecified atom stereocenters. The van der Waals surface area contributed by atoms with Crippen LogP contribution in [0.5, 0.6) is 0 Å². The Hall–Kier alpha value is -1.67. The quantitative estimate of drug-likeness (QED) is 0.912. The van der Waals surface area contributed by atoms with Crippen LogP contribution in [-0.2, 0) is 0 Å². The zero-order valence-corrected chi connectivity index (χ0v) is 12.8. The second-order valence-corrected chi connectivity index (χ2v) is 6.88. The van der Waals surface area contributed by atoms with Gasteiger partial charge in [-0.15, -0.1) is 11.3 Å². The lowest BCUT2D eigenvalue weighted by Crippen LogP contribution is -2.66. The predicted molar refractivity (Wildman–Crippen MR) is 80.2 cm³/mol. The molecular formula is C15H14F3N3OS. The fourth-order valence-electron chi connectivity index (χ4n) is 3.58. The van der Waals surface area contributed by atoms with Gasteiger partial charge in [-0.05, 0) is 18.6 Å². The minimum Gasteiger partial charge on any atom is -0.380 e. The molecule has 2 fully saturated rings. The van der Waals surface area contributed by atoms with Gasteiger partial charge in [0.1, 0.15) is 0 Å². The standard InChI is InChI=1S/C15H14F3N3OS/c16-15(17,18)14(22)6-12-10(14)3-5-21(12)13-20-11(8-23-13)9-2-1-4-19-7-9/h1-2,4,7-8,10,12,22H,3,5-6H2/t10-,12-,14+/m0/s1. The lowest BCUT2D eigenvalue weighted by Gasteiger charge is -2.50. The number of thiazole rings is 1. The molecule has 4 nitrogen and oxygen atoms in total. The Kier molecular flexibility index (Phi) is 3.18. The first-order chi connectivity index (χ1) is 10.9. The summed E-state index contributed by atoms with van der Waals surface area (Å²) in [4.78, 5) is 10.5. The summed E-state index contributed by atoms with van der Waals surface area (Å²) in [6, 6.07) is 3.43. The van der Waals surface area contributed by atoms with Gasteiger partial charge in [0.2, 0.25) is 0 Å². The first-order valence-electron chi connectivity index (χ1n) is 7.32. The van der Waals surface area contributed by atoms with Crippen LogP contribution in [0.2, 0.25) is 0 Å². The monoisotopic (exact) mass is 341 g/mol. The van der Waals surface area contributed by atoms with E-state index < -0.39 is 17.7 Å². The van der Waals surface area contributed by atoms with E-state index in [-0.39, 0.29) is 12.5 Å². The average Bonchev–Trinajstić information content (AvgIpc) is 3.11. The van der Waals surface area contributed by atoms with Gasteiger partial charge in [-0.1, -0.05) is 0 Å². The Morgan fingerprint density at radius 1 is 1.39 bits per heavy atom. The molecule has 0 amide bonds. The third-order valence-electron chi connectivity index (χ3n) is 4.87. The number of halogens is 3. The summed E-state index contributed by atoms with van der Waals surface area (Å²) in [5, 5.41) is 12.5. The third kappa shape index (κ3) is 2.15. The molecule has 1 N–H and O–H groups in total. The smallest absolute Gasteiger partial charge is 0.380 e. The van der Waals surface area contributed by atoms with Crippen molar-refractivity contribution in [2.45, 2.75) is 30.7 Å². The van der Waals surface area contributed by atoms with Crippen molar-refractivity contribution >= 4 is 16.5 Å². The Balaban J connectivity index is 1.55. The molecule has 122 valence electrons. The van der Waals surface area contributed by atoms with E-state index >= 15 is 0 Å². The number of aromatic nitrogens is 2. The number of rotatable bonds is 2. The molecule has 0 radical (unpaired) electrons. The van der Waals surface area contributed by atoms with Crippen LogP contribution in [0.15, 0.2) is 29.9 Å². The second-order valence-electron chi connectivity index (χ2n) is 6.04. The van der Waals surface area contributed by atoms with Crippen LogP contribution >= 0.6 is 11.3 Å². The van der Waals surface area contributed by atoms with Gasteiger partial charge in [-0.25, -0.2) is 4.98 Å². The fourth-order valence-corrected chi connectivity index (χ4v) is 4.50. The zero-order chi connectivity index (χ0) is 16.2. The summed E-state index contributed by atoms with van der Waals surface area (Å²) in [7, 11) is 0. The first-order valence-corrected chi connectivity index (χ1v) is 8.20. The van der Waals surface area contributed by atoms with Crippen molar-refractivity contribution in [2.75, 3.05) is 11.4 Å². The molecule has 0 aromatic carbocycles. The Morgan fingerprint density at radius 3 is 2.91 bits per heavy atom. The molecule has 1 saturated carbocycles. The highest BCUT2D eigenvalue weighted by Gasteiger charge is 2.70. The largest absolute Gasteiger partial charge is 0.417 e. The summed E-state index contributed by atoms with van der Waals surface area (Å²) in [6.07, 6.45) is -1.12. The molecule has 1 aliphatic carbocycles. The van der Waals surface area contributed by atoms with Crippen LogP contribution in [0.1, 0.15) is 12.8 Å². The minimum absolute atomic E-state index is 0.275. The minimum atomic E-state index is -4.56. The van der Waals surface area contributed by atoms with E-state index in [1.54, 1.807) is 12.4 Å². The van der Waals surface area contributed by atoms with Crippen molar-refractivity contribution in [3.63, 3.8) is 0 Å². The molecule has 0 bridgehead atoms. The molecular weight excluding hydrogens is 327 g/mol. The van der Waals surface area contributed by atoms with Crippen molar-refractivity contribution in [3.05, 3.63) is 29.9 Å². The van der Waals surface area contributed by atoms with Crippen LogP contribution in [0.3, 0.4) is 0 Å². The van der Waals surface area contributed by atoms with Crippen molar-refractivity contribution < 1.29 is 18.3 Å². The number of alkyl halides is 3. The average molecular weight is 341 g/mol. The van der Waals surface area contributed by atoms with E-state index in [2.05, 4.69) is 9.97 Å². The number of hydrogen-bond acceptors (Lipinski definition) is 5. The molecule has 2 aliphatic rings. The molecule has 2 aromatic rings. The van der Waals surface area contributed by atoms with Gasteiger partial charge in [0.25, 0.3) is 0 Å². The van der Waals surface area contributed by atoms with E-state index in [9.17, 15) is 18.3 Å². The molecule has 3 heterocycles. The van der Waals surface area contributed by atoms with E-state index in [1.165, 1.54) is 11.3 Å². The molecule has 4 rings (SSSR count). The molecule has 2 aromatic heterocycles. The summed E-state index contributed by atoms with van der Waals surface area (Å²) < 4.78 is 39.0. The number of nitrogens with zero attached hydrogens (tertiary/aromatic N) is 3. The van der Waals surface area contributed by atoms with Crippen LogP contribution < -0.4 is 4.90 Å². The Labute approximate surface area is 134 Å². The summed E-state index contributed by atoms with van der Waals surface area (Å²) in [5.74, 6) is -0.756. The summed E-state index contributed by atoms with van der Waals surface area (Å²) >= 11 is 1.41. The lowest BCUT2D eigenvalue weighted by molar-refractivity contribution is -0.311. The van der Waals surface area contributed by atoms with Crippen molar-refractivity contribution in [3.8, 4) is 11.3 Å².